The SMILES string of the molecule is CNC(C(=O)NCC1(c2ccc(F)cc2)CCC1)c1cnn(C)c1. The summed E-state index contributed by atoms with van der Waals surface area (Å²) in [4.78, 5) is 12.6. The lowest BCUT2D eigenvalue weighted by Crippen LogP contribution is -2.47. The molecule has 1 amide bonds. The predicted molar refractivity (Wildman–Crippen MR) is 89.9 cm³/mol. The Morgan fingerprint density at radius 1 is 1.38 bits per heavy atom. The largest absolute Gasteiger partial charge is 0.354 e. The molecule has 0 aliphatic heterocycles. The summed E-state index contributed by atoms with van der Waals surface area (Å²) in [7, 11) is 3.59. The Labute approximate surface area is 141 Å². The molecule has 128 valence electrons. The Morgan fingerprint density at radius 3 is 2.58 bits per heavy atom. The summed E-state index contributed by atoms with van der Waals surface area (Å²) < 4.78 is 14.8. The summed E-state index contributed by atoms with van der Waals surface area (Å²) in [5, 5.41) is 10.2. The van der Waals surface area contributed by atoms with Crippen LogP contribution in [-0.2, 0) is 17.3 Å². The van der Waals surface area contributed by atoms with Crippen LogP contribution in [0.15, 0.2) is 36.7 Å². The van der Waals surface area contributed by atoms with Gasteiger partial charge in [-0.2, -0.15) is 5.10 Å². The summed E-state index contributed by atoms with van der Waals surface area (Å²) in [6.45, 7) is 0.565. The summed E-state index contributed by atoms with van der Waals surface area (Å²) in [6.07, 6.45) is 6.68. The molecular weight excluding hydrogens is 307 g/mol. The average Bonchev–Trinajstić information content (AvgIpc) is 2.95. The predicted octanol–water partition coefficient (Wildman–Crippen LogP) is 2.06. The maximum absolute atomic E-state index is 13.2. The molecule has 1 aromatic heterocycles. The normalized spacial score (nSPS) is 17.1. The number of amides is 1. The molecule has 1 aliphatic carbocycles. The van der Waals surface area contributed by atoms with E-state index < -0.39 is 6.04 Å². The molecule has 2 aromatic rings. The lowest BCUT2D eigenvalue weighted by Gasteiger charge is -2.42. The molecular formula is C18H23FN4O. The van der Waals surface area contributed by atoms with E-state index in [9.17, 15) is 9.18 Å². The van der Waals surface area contributed by atoms with Gasteiger partial charge in [-0.3, -0.25) is 9.48 Å². The van der Waals surface area contributed by atoms with E-state index in [1.54, 1.807) is 17.9 Å². The first-order valence-corrected chi connectivity index (χ1v) is 8.24. The highest BCUT2D eigenvalue weighted by Gasteiger charge is 2.39. The van der Waals surface area contributed by atoms with Crippen molar-refractivity contribution in [1.29, 1.82) is 0 Å². The number of hydrogen-bond donors (Lipinski definition) is 2. The van der Waals surface area contributed by atoms with E-state index >= 15 is 0 Å². The first-order chi connectivity index (χ1) is 11.5. The molecule has 3 rings (SSSR count). The smallest absolute Gasteiger partial charge is 0.241 e. The van der Waals surface area contributed by atoms with Gasteiger partial charge in [0.25, 0.3) is 0 Å². The zero-order valence-corrected chi connectivity index (χ0v) is 14.1. The Morgan fingerprint density at radius 2 is 2.08 bits per heavy atom. The Hall–Kier alpha value is -2.21. The highest BCUT2D eigenvalue weighted by atomic mass is 19.1. The number of likely N-dealkylation sites (N-methyl/N-ethyl adjacent to an activating group) is 1. The molecule has 1 atom stereocenters. The quantitative estimate of drug-likeness (QED) is 0.852. The van der Waals surface area contributed by atoms with Crippen molar-refractivity contribution in [1.82, 2.24) is 20.4 Å². The third-order valence-corrected chi connectivity index (χ3v) is 4.98. The molecule has 0 bridgehead atoms. The second kappa shape index (κ2) is 6.73. The van der Waals surface area contributed by atoms with E-state index in [0.717, 1.165) is 30.4 Å². The first kappa shape index (κ1) is 16.6. The van der Waals surface area contributed by atoms with Crippen LogP contribution in [-0.4, -0.2) is 29.3 Å². The molecule has 6 heteroatoms. The van der Waals surface area contributed by atoms with Crippen molar-refractivity contribution >= 4 is 5.91 Å². The van der Waals surface area contributed by atoms with Crippen LogP contribution in [0.4, 0.5) is 4.39 Å². The second-order valence-corrected chi connectivity index (χ2v) is 6.53. The molecule has 0 spiro atoms. The number of hydrogen-bond acceptors (Lipinski definition) is 3. The second-order valence-electron chi connectivity index (χ2n) is 6.53. The summed E-state index contributed by atoms with van der Waals surface area (Å²) >= 11 is 0. The molecule has 1 saturated carbocycles. The standard InChI is InChI=1S/C18H23FN4O/c1-20-16(13-10-22-23(2)11-13)17(24)21-12-18(8-3-9-18)14-4-6-15(19)7-5-14/h4-7,10-11,16,20H,3,8-9,12H2,1-2H3,(H,21,24). The minimum absolute atomic E-state index is 0.0705. The van der Waals surface area contributed by atoms with Crippen molar-refractivity contribution in [3.8, 4) is 0 Å². The maximum Gasteiger partial charge on any atom is 0.241 e. The van der Waals surface area contributed by atoms with Crippen LogP contribution in [0.5, 0.6) is 0 Å². The fourth-order valence-electron chi connectivity index (χ4n) is 3.37. The van der Waals surface area contributed by atoms with E-state index in [2.05, 4.69) is 15.7 Å². The van der Waals surface area contributed by atoms with Crippen LogP contribution in [0.2, 0.25) is 0 Å². The van der Waals surface area contributed by atoms with Crippen molar-refractivity contribution in [3.05, 3.63) is 53.6 Å². The van der Waals surface area contributed by atoms with Gasteiger partial charge >= 0.3 is 0 Å². The van der Waals surface area contributed by atoms with Crippen molar-refractivity contribution in [2.24, 2.45) is 7.05 Å². The molecule has 0 saturated heterocycles. The van der Waals surface area contributed by atoms with Crippen LogP contribution in [0.1, 0.15) is 36.4 Å². The summed E-state index contributed by atoms with van der Waals surface area (Å²) in [5.74, 6) is -0.303. The number of carbonyl (C=O) groups is 1. The minimum Gasteiger partial charge on any atom is -0.354 e. The number of nitrogens with zero attached hydrogens (tertiary/aromatic N) is 2. The van der Waals surface area contributed by atoms with Gasteiger partial charge in [0, 0.05) is 30.8 Å². The number of aromatic nitrogens is 2. The van der Waals surface area contributed by atoms with Gasteiger partial charge in [0.1, 0.15) is 11.9 Å². The van der Waals surface area contributed by atoms with Crippen molar-refractivity contribution in [2.75, 3.05) is 13.6 Å². The molecule has 0 radical (unpaired) electrons. The van der Waals surface area contributed by atoms with Crippen molar-refractivity contribution < 1.29 is 9.18 Å². The molecule has 1 aliphatic rings. The third-order valence-electron chi connectivity index (χ3n) is 4.98. The highest BCUT2D eigenvalue weighted by molar-refractivity contribution is 5.83. The summed E-state index contributed by atoms with van der Waals surface area (Å²) in [5.41, 5.74) is 1.86. The first-order valence-electron chi connectivity index (χ1n) is 8.24. The number of benzene rings is 1. The van der Waals surface area contributed by atoms with Crippen molar-refractivity contribution in [3.63, 3.8) is 0 Å². The van der Waals surface area contributed by atoms with Gasteiger partial charge in [-0.1, -0.05) is 18.6 Å². The molecule has 24 heavy (non-hydrogen) atoms. The van der Waals surface area contributed by atoms with E-state index in [1.165, 1.54) is 12.1 Å². The van der Waals surface area contributed by atoms with E-state index in [1.807, 2.05) is 25.4 Å². The molecule has 1 aromatic carbocycles. The van der Waals surface area contributed by atoms with Crippen LogP contribution in [0.3, 0.4) is 0 Å². The van der Waals surface area contributed by atoms with E-state index in [4.69, 9.17) is 0 Å². The number of nitrogens with one attached hydrogen (secondary N) is 2. The van der Waals surface area contributed by atoms with Gasteiger partial charge in [-0.15, -0.1) is 0 Å². The molecule has 5 nitrogen and oxygen atoms in total. The fourth-order valence-corrected chi connectivity index (χ4v) is 3.37. The number of rotatable bonds is 6. The monoisotopic (exact) mass is 330 g/mol. The minimum atomic E-state index is -0.427. The Kier molecular flexibility index (Phi) is 4.66. The van der Waals surface area contributed by atoms with Gasteiger partial charge in [-0.25, -0.2) is 4.39 Å². The molecule has 1 heterocycles. The molecule has 1 unspecified atom stereocenters. The molecule has 1 fully saturated rings. The number of aryl methyl sites for hydroxylation is 1. The van der Waals surface area contributed by atoms with Gasteiger partial charge in [0.05, 0.1) is 6.20 Å². The van der Waals surface area contributed by atoms with Gasteiger partial charge < -0.3 is 10.6 Å². The van der Waals surface area contributed by atoms with Gasteiger partial charge in [0.2, 0.25) is 5.91 Å². The van der Waals surface area contributed by atoms with Crippen LogP contribution >= 0.6 is 0 Å². The van der Waals surface area contributed by atoms with Crippen LogP contribution < -0.4 is 10.6 Å². The number of carbonyl (C=O) groups excluding carboxylic acids is 1. The topological polar surface area (TPSA) is 59.0 Å². The van der Waals surface area contributed by atoms with Gasteiger partial charge in [0.15, 0.2) is 0 Å². The zero-order valence-electron chi connectivity index (χ0n) is 14.1. The van der Waals surface area contributed by atoms with Crippen LogP contribution in [0, 0.1) is 5.82 Å². The lowest BCUT2D eigenvalue weighted by molar-refractivity contribution is -0.123. The van der Waals surface area contributed by atoms with E-state index in [-0.39, 0.29) is 17.1 Å². The molecule has 2 N–H and O–H groups in total. The number of halogens is 1. The maximum atomic E-state index is 13.2. The third kappa shape index (κ3) is 3.19. The Bertz CT molecular complexity index is 706. The van der Waals surface area contributed by atoms with E-state index in [0.29, 0.717) is 6.54 Å². The average molecular weight is 330 g/mol. The lowest BCUT2D eigenvalue weighted by atomic mass is 9.64. The van der Waals surface area contributed by atoms with Crippen molar-refractivity contribution in [2.45, 2.75) is 30.7 Å². The zero-order chi connectivity index (χ0) is 17.2. The Balaban J connectivity index is 1.68. The highest BCUT2D eigenvalue weighted by Crippen LogP contribution is 2.43. The fraction of sp³-hybridized carbons (Fsp3) is 0.444. The summed E-state index contributed by atoms with van der Waals surface area (Å²) in [6, 6.07) is 6.21. The van der Waals surface area contributed by atoms with Crippen LogP contribution in [0.25, 0.3) is 0 Å². The van der Waals surface area contributed by atoms with Gasteiger partial charge in [-0.05, 0) is 37.6 Å².